The Balaban J connectivity index is 1.69. The third-order valence-corrected chi connectivity index (χ3v) is 5.93. The molecule has 0 saturated heterocycles. The molecule has 1 nitrogen and oxygen atoms in total. The summed E-state index contributed by atoms with van der Waals surface area (Å²) < 4.78 is 1.33. The Kier molecular flexibility index (Phi) is 3.87. The summed E-state index contributed by atoms with van der Waals surface area (Å²) in [6.07, 6.45) is 5.49. The van der Waals surface area contributed by atoms with Crippen LogP contribution in [0.3, 0.4) is 0 Å². The molecule has 1 heterocycles. The van der Waals surface area contributed by atoms with E-state index in [-0.39, 0.29) is 6.10 Å². The van der Waals surface area contributed by atoms with Gasteiger partial charge in [0.25, 0.3) is 0 Å². The zero-order chi connectivity index (χ0) is 14.2. The highest BCUT2D eigenvalue weighted by Crippen LogP contribution is 2.40. The van der Waals surface area contributed by atoms with E-state index in [9.17, 15) is 5.11 Å². The first-order chi connectivity index (χ1) is 9.55. The summed E-state index contributed by atoms with van der Waals surface area (Å²) in [5.74, 6) is 0.488. The Morgan fingerprint density at radius 1 is 1.25 bits per heavy atom. The van der Waals surface area contributed by atoms with Crippen LogP contribution < -0.4 is 0 Å². The summed E-state index contributed by atoms with van der Waals surface area (Å²) in [5, 5.41) is 14.1. The van der Waals surface area contributed by atoms with Crippen LogP contribution in [0.4, 0.5) is 0 Å². The highest BCUT2D eigenvalue weighted by molar-refractivity contribution is 7.17. The number of aliphatic hydroxyl groups excluding tert-OH is 1. The number of aliphatic hydroxyl groups is 1. The fourth-order valence-electron chi connectivity index (χ4n) is 3.39. The van der Waals surface area contributed by atoms with Crippen molar-refractivity contribution in [2.24, 2.45) is 11.3 Å². The Hall–Kier alpha value is -0.860. The minimum absolute atomic E-state index is 0.177. The van der Waals surface area contributed by atoms with E-state index in [1.54, 1.807) is 11.3 Å². The van der Waals surface area contributed by atoms with E-state index in [0.29, 0.717) is 11.3 Å². The molecule has 20 heavy (non-hydrogen) atoms. The van der Waals surface area contributed by atoms with E-state index in [1.165, 1.54) is 41.3 Å². The number of hydrogen-bond acceptors (Lipinski definition) is 2. The average Bonchev–Trinajstić information content (AvgIpc) is 2.82. The summed E-state index contributed by atoms with van der Waals surface area (Å²) in [7, 11) is 0. The van der Waals surface area contributed by atoms with Gasteiger partial charge in [0.1, 0.15) is 0 Å². The molecule has 0 aliphatic heterocycles. The number of fused-ring (bicyclic) bond motifs is 1. The van der Waals surface area contributed by atoms with Gasteiger partial charge in [-0.05, 0) is 59.4 Å². The first-order valence-electron chi connectivity index (χ1n) is 7.68. The molecule has 1 aliphatic rings. The van der Waals surface area contributed by atoms with Crippen molar-refractivity contribution in [3.8, 4) is 0 Å². The molecule has 1 N–H and O–H groups in total. The molecule has 1 aliphatic carbocycles. The van der Waals surface area contributed by atoms with E-state index in [4.69, 9.17) is 0 Å². The second kappa shape index (κ2) is 5.50. The standard InChI is InChI=1S/C18H24OS/c1-18(2)9-7-13(8-10-18)16(19)11-14-12-20-17-6-4-3-5-15(14)17/h3-6,12-13,16,19H,7-11H2,1-2H3. The summed E-state index contributed by atoms with van der Waals surface area (Å²) in [4.78, 5) is 0. The van der Waals surface area contributed by atoms with Crippen LogP contribution in [0, 0.1) is 11.3 Å². The smallest absolute Gasteiger partial charge is 0.0609 e. The minimum atomic E-state index is -0.177. The monoisotopic (exact) mass is 288 g/mol. The van der Waals surface area contributed by atoms with Crippen molar-refractivity contribution in [3.63, 3.8) is 0 Å². The molecule has 1 unspecified atom stereocenters. The van der Waals surface area contributed by atoms with Crippen molar-refractivity contribution in [2.75, 3.05) is 0 Å². The highest BCUT2D eigenvalue weighted by Gasteiger charge is 2.30. The van der Waals surface area contributed by atoms with Crippen LogP contribution in [0.1, 0.15) is 45.1 Å². The second-order valence-electron chi connectivity index (χ2n) is 7.03. The molecule has 0 spiro atoms. The maximum absolute atomic E-state index is 10.6. The van der Waals surface area contributed by atoms with Crippen LogP contribution in [0.25, 0.3) is 10.1 Å². The third-order valence-electron chi connectivity index (χ3n) is 4.92. The van der Waals surface area contributed by atoms with Gasteiger partial charge >= 0.3 is 0 Å². The van der Waals surface area contributed by atoms with Crippen molar-refractivity contribution in [3.05, 3.63) is 35.2 Å². The lowest BCUT2D eigenvalue weighted by Crippen LogP contribution is -2.30. The molecule has 0 bridgehead atoms. The molecule has 1 atom stereocenters. The van der Waals surface area contributed by atoms with E-state index < -0.39 is 0 Å². The molecule has 1 aromatic heterocycles. The molecule has 2 aromatic rings. The van der Waals surface area contributed by atoms with Gasteiger partial charge in [-0.3, -0.25) is 0 Å². The van der Waals surface area contributed by atoms with Gasteiger partial charge in [0.2, 0.25) is 0 Å². The van der Waals surface area contributed by atoms with Gasteiger partial charge in [-0.25, -0.2) is 0 Å². The summed E-state index contributed by atoms with van der Waals surface area (Å²) >= 11 is 1.79. The fourth-order valence-corrected chi connectivity index (χ4v) is 4.36. The Labute approximate surface area is 125 Å². The number of hydrogen-bond donors (Lipinski definition) is 1. The van der Waals surface area contributed by atoms with Crippen molar-refractivity contribution in [1.82, 2.24) is 0 Å². The predicted molar refractivity (Wildman–Crippen MR) is 87.3 cm³/mol. The summed E-state index contributed by atoms with van der Waals surface area (Å²) in [5.41, 5.74) is 1.80. The van der Waals surface area contributed by atoms with Gasteiger partial charge in [0, 0.05) is 11.1 Å². The molecular weight excluding hydrogens is 264 g/mol. The molecule has 0 radical (unpaired) electrons. The number of thiophene rings is 1. The maximum Gasteiger partial charge on any atom is 0.0609 e. The summed E-state index contributed by atoms with van der Waals surface area (Å²) in [6.45, 7) is 4.70. The largest absolute Gasteiger partial charge is 0.392 e. The number of benzene rings is 1. The van der Waals surface area contributed by atoms with Crippen LogP contribution in [-0.4, -0.2) is 11.2 Å². The predicted octanol–water partition coefficient (Wildman–Crippen LogP) is 5.02. The normalized spacial score (nSPS) is 21.1. The summed E-state index contributed by atoms with van der Waals surface area (Å²) in [6, 6.07) is 8.52. The Morgan fingerprint density at radius 3 is 2.70 bits per heavy atom. The average molecular weight is 288 g/mol. The lowest BCUT2D eigenvalue weighted by Gasteiger charge is -2.36. The molecule has 3 rings (SSSR count). The van der Waals surface area contributed by atoms with Gasteiger partial charge in [-0.15, -0.1) is 11.3 Å². The fraction of sp³-hybridized carbons (Fsp3) is 0.556. The molecule has 1 fully saturated rings. The van der Waals surface area contributed by atoms with Crippen LogP contribution in [0.15, 0.2) is 29.6 Å². The zero-order valence-corrected chi connectivity index (χ0v) is 13.2. The quantitative estimate of drug-likeness (QED) is 0.840. The second-order valence-corrected chi connectivity index (χ2v) is 7.94. The van der Waals surface area contributed by atoms with E-state index >= 15 is 0 Å². The van der Waals surface area contributed by atoms with Crippen LogP contribution in [0.2, 0.25) is 0 Å². The molecule has 1 saturated carbocycles. The van der Waals surface area contributed by atoms with Crippen LogP contribution >= 0.6 is 11.3 Å². The lowest BCUT2D eigenvalue weighted by atomic mass is 9.71. The first kappa shape index (κ1) is 14.1. The zero-order valence-electron chi connectivity index (χ0n) is 12.4. The van der Waals surface area contributed by atoms with Crippen LogP contribution in [0.5, 0.6) is 0 Å². The van der Waals surface area contributed by atoms with E-state index in [0.717, 1.165) is 6.42 Å². The van der Waals surface area contributed by atoms with Crippen molar-refractivity contribution >= 4 is 21.4 Å². The maximum atomic E-state index is 10.6. The van der Waals surface area contributed by atoms with Gasteiger partial charge in [-0.1, -0.05) is 32.0 Å². The number of rotatable bonds is 3. The van der Waals surface area contributed by atoms with Crippen molar-refractivity contribution in [2.45, 2.75) is 52.1 Å². The topological polar surface area (TPSA) is 20.2 Å². The molecule has 2 heteroatoms. The molecule has 0 amide bonds. The van der Waals surface area contributed by atoms with Crippen LogP contribution in [-0.2, 0) is 6.42 Å². The van der Waals surface area contributed by atoms with Crippen molar-refractivity contribution < 1.29 is 5.11 Å². The molecule has 1 aromatic carbocycles. The first-order valence-corrected chi connectivity index (χ1v) is 8.56. The van der Waals surface area contributed by atoms with Gasteiger partial charge < -0.3 is 5.11 Å². The highest BCUT2D eigenvalue weighted by atomic mass is 32.1. The third kappa shape index (κ3) is 2.91. The van der Waals surface area contributed by atoms with E-state index in [1.807, 2.05) is 0 Å². The van der Waals surface area contributed by atoms with Gasteiger partial charge in [0.15, 0.2) is 0 Å². The Bertz CT molecular complexity index is 574. The van der Waals surface area contributed by atoms with Crippen molar-refractivity contribution in [1.29, 1.82) is 0 Å². The van der Waals surface area contributed by atoms with Gasteiger partial charge in [0.05, 0.1) is 6.10 Å². The minimum Gasteiger partial charge on any atom is -0.392 e. The Morgan fingerprint density at radius 2 is 1.95 bits per heavy atom. The lowest BCUT2D eigenvalue weighted by molar-refractivity contribution is 0.0579. The molecular formula is C18H24OS. The molecule has 108 valence electrons. The van der Waals surface area contributed by atoms with E-state index in [2.05, 4.69) is 43.5 Å². The SMILES string of the molecule is CC1(C)CCC(C(O)Cc2csc3ccccc23)CC1. The van der Waals surface area contributed by atoms with Gasteiger partial charge in [-0.2, -0.15) is 0 Å².